The SMILES string of the molecule is O=C(O)COCc1nccs1. The molecule has 1 heterocycles. The zero-order valence-corrected chi connectivity index (χ0v) is 6.50. The summed E-state index contributed by atoms with van der Waals surface area (Å²) < 4.78 is 4.79. The van der Waals surface area contributed by atoms with Crippen LogP contribution in [0.15, 0.2) is 11.6 Å². The molecule has 60 valence electrons. The third kappa shape index (κ3) is 3.10. The molecule has 0 aliphatic carbocycles. The van der Waals surface area contributed by atoms with Gasteiger partial charge in [0.1, 0.15) is 11.6 Å². The number of ether oxygens (including phenoxy) is 1. The summed E-state index contributed by atoms with van der Waals surface area (Å²) in [6.07, 6.45) is 1.66. The average molecular weight is 173 g/mol. The van der Waals surface area contributed by atoms with E-state index in [2.05, 4.69) is 4.98 Å². The van der Waals surface area contributed by atoms with Gasteiger partial charge < -0.3 is 9.84 Å². The number of carbonyl (C=O) groups is 1. The Morgan fingerprint density at radius 3 is 3.18 bits per heavy atom. The molecular formula is C6H7NO3S. The molecule has 0 radical (unpaired) electrons. The largest absolute Gasteiger partial charge is 0.480 e. The van der Waals surface area contributed by atoms with Crippen LogP contribution < -0.4 is 0 Å². The van der Waals surface area contributed by atoms with E-state index in [9.17, 15) is 4.79 Å². The number of carboxylic acids is 1. The van der Waals surface area contributed by atoms with E-state index in [0.717, 1.165) is 5.01 Å². The van der Waals surface area contributed by atoms with E-state index >= 15 is 0 Å². The minimum atomic E-state index is -0.957. The molecule has 0 aliphatic heterocycles. The molecule has 5 heteroatoms. The minimum absolute atomic E-state index is 0.264. The van der Waals surface area contributed by atoms with Crippen LogP contribution in [0.2, 0.25) is 0 Å². The maximum Gasteiger partial charge on any atom is 0.329 e. The molecule has 0 aliphatic rings. The van der Waals surface area contributed by atoms with E-state index in [1.54, 1.807) is 6.20 Å². The lowest BCUT2D eigenvalue weighted by Crippen LogP contribution is -2.06. The number of carboxylic acid groups (broad SMARTS) is 1. The molecule has 4 nitrogen and oxygen atoms in total. The highest BCUT2D eigenvalue weighted by Gasteiger charge is 1.98. The van der Waals surface area contributed by atoms with E-state index in [0.29, 0.717) is 0 Å². The van der Waals surface area contributed by atoms with Gasteiger partial charge >= 0.3 is 5.97 Å². The van der Waals surface area contributed by atoms with Crippen molar-refractivity contribution in [3.63, 3.8) is 0 Å². The minimum Gasteiger partial charge on any atom is -0.480 e. The topological polar surface area (TPSA) is 59.4 Å². The van der Waals surface area contributed by atoms with Crippen molar-refractivity contribution in [2.45, 2.75) is 6.61 Å². The van der Waals surface area contributed by atoms with Gasteiger partial charge in [0, 0.05) is 11.6 Å². The van der Waals surface area contributed by atoms with E-state index in [1.165, 1.54) is 11.3 Å². The summed E-state index contributed by atoms with van der Waals surface area (Å²) in [7, 11) is 0. The second-order valence-electron chi connectivity index (χ2n) is 1.81. The van der Waals surface area contributed by atoms with Gasteiger partial charge in [-0.15, -0.1) is 11.3 Å². The molecule has 0 saturated carbocycles. The zero-order valence-electron chi connectivity index (χ0n) is 5.69. The summed E-state index contributed by atoms with van der Waals surface area (Å²) in [5.41, 5.74) is 0. The van der Waals surface area contributed by atoms with Crippen molar-refractivity contribution in [2.24, 2.45) is 0 Å². The van der Waals surface area contributed by atoms with Crippen LogP contribution in [0.3, 0.4) is 0 Å². The molecule has 0 saturated heterocycles. The molecule has 0 bridgehead atoms. The van der Waals surface area contributed by atoms with Gasteiger partial charge in [-0.05, 0) is 0 Å². The van der Waals surface area contributed by atoms with Gasteiger partial charge in [-0.2, -0.15) is 0 Å². The van der Waals surface area contributed by atoms with Crippen molar-refractivity contribution in [3.05, 3.63) is 16.6 Å². The van der Waals surface area contributed by atoms with Crippen LogP contribution in [-0.4, -0.2) is 22.7 Å². The van der Waals surface area contributed by atoms with Crippen LogP contribution in [0.5, 0.6) is 0 Å². The summed E-state index contributed by atoms with van der Waals surface area (Å²) in [5, 5.41) is 10.8. The highest BCUT2D eigenvalue weighted by atomic mass is 32.1. The summed E-state index contributed by atoms with van der Waals surface area (Å²) >= 11 is 1.45. The Bertz CT molecular complexity index is 222. The third-order valence-electron chi connectivity index (χ3n) is 0.935. The number of aromatic nitrogens is 1. The molecule has 0 amide bonds. The number of rotatable bonds is 4. The van der Waals surface area contributed by atoms with Crippen molar-refractivity contribution < 1.29 is 14.6 Å². The summed E-state index contributed by atoms with van der Waals surface area (Å²) in [4.78, 5) is 13.9. The highest BCUT2D eigenvalue weighted by molar-refractivity contribution is 7.09. The molecule has 0 aromatic carbocycles. The predicted octanol–water partition coefficient (Wildman–Crippen LogP) is 0.744. The van der Waals surface area contributed by atoms with Crippen LogP contribution in [0.25, 0.3) is 0 Å². The van der Waals surface area contributed by atoms with Crippen LogP contribution in [0.1, 0.15) is 5.01 Å². The summed E-state index contributed by atoms with van der Waals surface area (Å²) in [6.45, 7) is 0.0174. The maximum absolute atomic E-state index is 9.99. The molecule has 0 fully saturated rings. The number of hydrogen-bond acceptors (Lipinski definition) is 4. The molecule has 0 unspecified atom stereocenters. The Morgan fingerprint density at radius 1 is 1.82 bits per heavy atom. The molecule has 1 N–H and O–H groups in total. The van der Waals surface area contributed by atoms with Crippen LogP contribution >= 0.6 is 11.3 Å². The second-order valence-corrected chi connectivity index (χ2v) is 2.79. The van der Waals surface area contributed by atoms with E-state index in [4.69, 9.17) is 9.84 Å². The Kier molecular flexibility index (Phi) is 3.00. The monoisotopic (exact) mass is 173 g/mol. The first-order valence-corrected chi connectivity index (χ1v) is 3.85. The molecule has 1 aromatic rings. The number of aliphatic carboxylic acids is 1. The zero-order chi connectivity index (χ0) is 8.10. The lowest BCUT2D eigenvalue weighted by atomic mass is 10.7. The lowest BCUT2D eigenvalue weighted by Gasteiger charge is -1.95. The van der Waals surface area contributed by atoms with E-state index < -0.39 is 5.97 Å². The fourth-order valence-corrected chi connectivity index (χ4v) is 1.10. The van der Waals surface area contributed by atoms with E-state index in [1.807, 2.05) is 5.38 Å². The molecular weight excluding hydrogens is 166 g/mol. The Morgan fingerprint density at radius 2 is 2.64 bits per heavy atom. The predicted molar refractivity (Wildman–Crippen MR) is 39.4 cm³/mol. The van der Waals surface area contributed by atoms with E-state index in [-0.39, 0.29) is 13.2 Å². The fraction of sp³-hybridized carbons (Fsp3) is 0.333. The lowest BCUT2D eigenvalue weighted by molar-refractivity contribution is -0.142. The smallest absolute Gasteiger partial charge is 0.329 e. The summed E-state index contributed by atoms with van der Waals surface area (Å²) in [5.74, 6) is -0.957. The first-order chi connectivity index (χ1) is 5.29. The number of thiazole rings is 1. The molecule has 0 atom stereocenters. The molecule has 11 heavy (non-hydrogen) atoms. The van der Waals surface area contributed by atoms with Crippen LogP contribution in [-0.2, 0) is 16.1 Å². The number of nitrogens with zero attached hydrogens (tertiary/aromatic N) is 1. The van der Waals surface area contributed by atoms with Crippen LogP contribution in [0, 0.1) is 0 Å². The standard InChI is InChI=1S/C6H7NO3S/c8-6(9)4-10-3-5-7-1-2-11-5/h1-2H,3-4H2,(H,8,9). The molecule has 1 aromatic heterocycles. The quantitative estimate of drug-likeness (QED) is 0.729. The molecule has 0 spiro atoms. The Hall–Kier alpha value is -0.940. The summed E-state index contributed by atoms with van der Waals surface area (Å²) in [6, 6.07) is 0. The van der Waals surface area contributed by atoms with Crippen molar-refractivity contribution in [2.75, 3.05) is 6.61 Å². The average Bonchev–Trinajstić information content (AvgIpc) is 2.39. The van der Waals surface area contributed by atoms with Gasteiger partial charge in [0.25, 0.3) is 0 Å². The first kappa shape index (κ1) is 8.16. The van der Waals surface area contributed by atoms with Crippen molar-refractivity contribution >= 4 is 17.3 Å². The third-order valence-corrected chi connectivity index (χ3v) is 1.69. The van der Waals surface area contributed by atoms with Gasteiger partial charge in [0.2, 0.25) is 0 Å². The van der Waals surface area contributed by atoms with Gasteiger partial charge in [-0.25, -0.2) is 9.78 Å². The van der Waals surface area contributed by atoms with Crippen molar-refractivity contribution in [1.82, 2.24) is 4.98 Å². The number of hydrogen-bond donors (Lipinski definition) is 1. The maximum atomic E-state index is 9.99. The Balaban J connectivity index is 2.19. The van der Waals surface area contributed by atoms with Gasteiger partial charge in [-0.3, -0.25) is 0 Å². The van der Waals surface area contributed by atoms with Gasteiger partial charge in [-0.1, -0.05) is 0 Å². The fourth-order valence-electron chi connectivity index (χ4n) is 0.550. The highest BCUT2D eigenvalue weighted by Crippen LogP contribution is 2.04. The van der Waals surface area contributed by atoms with Crippen LogP contribution in [0.4, 0.5) is 0 Å². The van der Waals surface area contributed by atoms with Gasteiger partial charge in [0.05, 0.1) is 6.61 Å². The van der Waals surface area contributed by atoms with Gasteiger partial charge in [0.15, 0.2) is 0 Å². The van der Waals surface area contributed by atoms with Crippen molar-refractivity contribution in [3.8, 4) is 0 Å². The van der Waals surface area contributed by atoms with Crippen molar-refractivity contribution in [1.29, 1.82) is 0 Å². The normalized spacial score (nSPS) is 9.82. The second kappa shape index (κ2) is 4.05. The molecule has 1 rings (SSSR count). The first-order valence-electron chi connectivity index (χ1n) is 2.97. The Labute approximate surface area is 67.5 Å².